The number of hydrogen-bond acceptors (Lipinski definition) is 4. The molecule has 1 aliphatic rings. The van der Waals surface area contributed by atoms with Gasteiger partial charge < -0.3 is 14.4 Å². The number of ether oxygens (including phenoxy) is 1. The van der Waals surface area contributed by atoms with E-state index in [4.69, 9.17) is 4.74 Å². The van der Waals surface area contributed by atoms with Crippen molar-refractivity contribution in [1.82, 2.24) is 4.57 Å². The maximum atomic E-state index is 12.5. The Hall–Kier alpha value is -3.34. The fourth-order valence-corrected chi connectivity index (χ4v) is 3.05. The van der Waals surface area contributed by atoms with Crippen molar-refractivity contribution in [2.45, 2.75) is 6.61 Å². The Morgan fingerprint density at radius 1 is 0.960 bits per heavy atom. The molecule has 1 heterocycles. The zero-order chi connectivity index (χ0) is 17.6. The summed E-state index contributed by atoms with van der Waals surface area (Å²) in [6.07, 6.45) is 1.35. The molecule has 5 heteroatoms. The van der Waals surface area contributed by atoms with E-state index in [9.17, 15) is 14.7 Å². The standard InChI is InChI=1S/C20H15NO4/c1-21-10-19(23)18(22)8-12(21)11-25-13-6-7-15-14-4-2-3-5-16(14)20(24)17(15)9-13/h2-10,23H,11H2,1H3. The first kappa shape index (κ1) is 15.2. The van der Waals surface area contributed by atoms with Gasteiger partial charge in [-0.3, -0.25) is 9.59 Å². The number of hydrogen-bond donors (Lipinski definition) is 1. The van der Waals surface area contributed by atoms with Crippen LogP contribution in [0.5, 0.6) is 11.5 Å². The van der Waals surface area contributed by atoms with Gasteiger partial charge in [0.15, 0.2) is 11.5 Å². The largest absolute Gasteiger partial charge is 0.503 e. The number of rotatable bonds is 3. The van der Waals surface area contributed by atoms with E-state index in [1.807, 2.05) is 36.4 Å². The molecule has 1 aromatic heterocycles. The lowest BCUT2D eigenvalue weighted by molar-refractivity contribution is 0.104. The van der Waals surface area contributed by atoms with Crippen LogP contribution in [0.15, 0.2) is 59.5 Å². The van der Waals surface area contributed by atoms with Crippen LogP contribution in [0.1, 0.15) is 21.6 Å². The van der Waals surface area contributed by atoms with Gasteiger partial charge in [-0.05, 0) is 29.3 Å². The van der Waals surface area contributed by atoms with Gasteiger partial charge in [0.05, 0.1) is 5.69 Å². The van der Waals surface area contributed by atoms with Gasteiger partial charge in [0.25, 0.3) is 0 Å². The molecule has 4 rings (SSSR count). The van der Waals surface area contributed by atoms with Gasteiger partial charge in [0, 0.05) is 30.4 Å². The first-order chi connectivity index (χ1) is 12.0. The van der Waals surface area contributed by atoms with Crippen molar-refractivity contribution in [2.75, 3.05) is 0 Å². The summed E-state index contributed by atoms with van der Waals surface area (Å²) < 4.78 is 7.38. The van der Waals surface area contributed by atoms with Crippen molar-refractivity contribution in [3.63, 3.8) is 0 Å². The fraction of sp³-hybridized carbons (Fsp3) is 0.100. The second-order valence-corrected chi connectivity index (χ2v) is 6.00. The van der Waals surface area contributed by atoms with Crippen LogP contribution in [0.2, 0.25) is 0 Å². The summed E-state index contributed by atoms with van der Waals surface area (Å²) in [5.74, 6) is 0.251. The van der Waals surface area contributed by atoms with Crippen molar-refractivity contribution < 1.29 is 14.6 Å². The van der Waals surface area contributed by atoms with Gasteiger partial charge in [0.2, 0.25) is 5.43 Å². The van der Waals surface area contributed by atoms with Crippen molar-refractivity contribution >= 4 is 5.78 Å². The van der Waals surface area contributed by atoms with Gasteiger partial charge in [0.1, 0.15) is 12.4 Å². The first-order valence-electron chi connectivity index (χ1n) is 7.84. The van der Waals surface area contributed by atoms with Crippen LogP contribution < -0.4 is 10.2 Å². The molecule has 5 nitrogen and oxygen atoms in total. The average molecular weight is 333 g/mol. The summed E-state index contributed by atoms with van der Waals surface area (Å²) in [4.78, 5) is 24.1. The summed E-state index contributed by atoms with van der Waals surface area (Å²) in [6, 6.07) is 14.3. The number of aromatic hydroxyl groups is 1. The number of aromatic nitrogens is 1. The van der Waals surface area contributed by atoms with Crippen molar-refractivity contribution in [1.29, 1.82) is 0 Å². The van der Waals surface area contributed by atoms with Gasteiger partial charge in [-0.2, -0.15) is 0 Å². The summed E-state index contributed by atoms with van der Waals surface area (Å²) in [6.45, 7) is 0.159. The summed E-state index contributed by atoms with van der Waals surface area (Å²) in [5.41, 5.74) is 3.35. The number of aryl methyl sites for hydroxylation is 1. The average Bonchev–Trinajstić information content (AvgIpc) is 2.90. The van der Waals surface area contributed by atoms with Crippen LogP contribution in [0, 0.1) is 0 Å². The molecule has 124 valence electrons. The van der Waals surface area contributed by atoms with Crippen LogP contribution in [0.3, 0.4) is 0 Å². The molecule has 25 heavy (non-hydrogen) atoms. The van der Waals surface area contributed by atoms with Gasteiger partial charge in [-0.1, -0.05) is 24.3 Å². The highest BCUT2D eigenvalue weighted by molar-refractivity contribution is 6.21. The van der Waals surface area contributed by atoms with Crippen LogP contribution in [-0.2, 0) is 13.7 Å². The number of nitrogens with zero attached hydrogens (tertiary/aromatic N) is 1. The van der Waals surface area contributed by atoms with E-state index < -0.39 is 5.43 Å². The fourth-order valence-electron chi connectivity index (χ4n) is 3.05. The Balaban J connectivity index is 1.61. The van der Waals surface area contributed by atoms with Crippen molar-refractivity contribution in [3.8, 4) is 22.6 Å². The predicted octanol–water partition coefficient (Wildman–Crippen LogP) is 2.88. The number of carbonyl (C=O) groups excluding carboxylic acids is 1. The zero-order valence-electron chi connectivity index (χ0n) is 13.5. The highest BCUT2D eigenvalue weighted by Crippen LogP contribution is 2.38. The third kappa shape index (κ3) is 2.50. The molecule has 0 unspecified atom stereocenters. The molecule has 0 bridgehead atoms. The zero-order valence-corrected chi connectivity index (χ0v) is 13.5. The normalized spacial score (nSPS) is 12.0. The molecule has 0 fully saturated rings. The molecule has 2 aromatic carbocycles. The van der Waals surface area contributed by atoms with E-state index in [1.165, 1.54) is 12.3 Å². The lowest BCUT2D eigenvalue weighted by Crippen LogP contribution is -2.11. The van der Waals surface area contributed by atoms with E-state index >= 15 is 0 Å². The molecule has 0 aliphatic heterocycles. The lowest BCUT2D eigenvalue weighted by atomic mass is 10.1. The summed E-state index contributed by atoms with van der Waals surface area (Å²) in [5, 5.41) is 9.42. The Kier molecular flexibility index (Phi) is 3.42. The monoisotopic (exact) mass is 333 g/mol. The molecular weight excluding hydrogens is 318 g/mol. The molecule has 1 aliphatic carbocycles. The highest BCUT2D eigenvalue weighted by Gasteiger charge is 2.26. The minimum atomic E-state index is -0.448. The Bertz CT molecular complexity index is 1070. The number of carbonyl (C=O) groups is 1. The molecule has 1 N–H and O–H groups in total. The Morgan fingerprint density at radius 3 is 2.48 bits per heavy atom. The Labute approximate surface area is 143 Å². The SMILES string of the molecule is Cn1cc(O)c(=O)cc1COc1ccc2c(c1)C(=O)c1ccccc1-2. The molecule has 0 spiro atoms. The van der Waals surface area contributed by atoms with Crippen LogP contribution in [0.4, 0.5) is 0 Å². The molecule has 3 aromatic rings. The lowest BCUT2D eigenvalue weighted by Gasteiger charge is -2.11. The first-order valence-corrected chi connectivity index (χ1v) is 7.84. The van der Waals surface area contributed by atoms with E-state index in [0.29, 0.717) is 22.6 Å². The van der Waals surface area contributed by atoms with Crippen LogP contribution in [0.25, 0.3) is 11.1 Å². The number of benzene rings is 2. The Morgan fingerprint density at radius 2 is 1.68 bits per heavy atom. The predicted molar refractivity (Wildman–Crippen MR) is 93.0 cm³/mol. The topological polar surface area (TPSA) is 68.5 Å². The second-order valence-electron chi connectivity index (χ2n) is 6.00. The third-order valence-electron chi connectivity index (χ3n) is 4.40. The molecule has 0 amide bonds. The third-order valence-corrected chi connectivity index (χ3v) is 4.40. The van der Waals surface area contributed by atoms with Crippen LogP contribution in [-0.4, -0.2) is 15.5 Å². The maximum absolute atomic E-state index is 12.5. The molecule has 0 radical (unpaired) electrons. The molecule has 0 atom stereocenters. The van der Waals surface area contributed by atoms with E-state index in [2.05, 4.69) is 0 Å². The van der Waals surface area contributed by atoms with E-state index in [-0.39, 0.29) is 18.1 Å². The highest BCUT2D eigenvalue weighted by atomic mass is 16.5. The summed E-state index contributed by atoms with van der Waals surface area (Å²) >= 11 is 0. The second kappa shape index (κ2) is 5.63. The van der Waals surface area contributed by atoms with Crippen LogP contribution >= 0.6 is 0 Å². The maximum Gasteiger partial charge on any atom is 0.223 e. The minimum absolute atomic E-state index is 0.00640. The van der Waals surface area contributed by atoms with Gasteiger partial charge >= 0.3 is 0 Å². The molecule has 0 saturated heterocycles. The smallest absolute Gasteiger partial charge is 0.223 e. The minimum Gasteiger partial charge on any atom is -0.503 e. The molecular formula is C20H15NO4. The number of ketones is 1. The van der Waals surface area contributed by atoms with E-state index in [1.54, 1.807) is 17.7 Å². The molecule has 0 saturated carbocycles. The van der Waals surface area contributed by atoms with Crippen molar-refractivity contribution in [2.24, 2.45) is 7.05 Å². The number of fused-ring (bicyclic) bond motifs is 3. The van der Waals surface area contributed by atoms with Gasteiger partial charge in [-0.15, -0.1) is 0 Å². The summed E-state index contributed by atoms with van der Waals surface area (Å²) in [7, 11) is 1.72. The quantitative estimate of drug-likeness (QED) is 0.626. The van der Waals surface area contributed by atoms with Gasteiger partial charge in [-0.25, -0.2) is 0 Å². The van der Waals surface area contributed by atoms with Crippen molar-refractivity contribution in [3.05, 3.63) is 81.8 Å². The van der Waals surface area contributed by atoms with E-state index in [0.717, 1.165) is 11.1 Å². The number of pyridine rings is 1.